The fourth-order valence-corrected chi connectivity index (χ4v) is 2.87. The van der Waals surface area contributed by atoms with Crippen LogP contribution in [0.1, 0.15) is 17.0 Å². The van der Waals surface area contributed by atoms with Crippen LogP contribution in [0.4, 0.5) is 5.69 Å². The third-order valence-corrected chi connectivity index (χ3v) is 3.79. The molecule has 4 rings (SSSR count). The first-order valence-corrected chi connectivity index (χ1v) is 6.54. The van der Waals surface area contributed by atoms with Gasteiger partial charge in [0.2, 0.25) is 0 Å². The molecule has 0 bridgehead atoms. The molecule has 0 amide bonds. The Morgan fingerprint density at radius 1 is 0.684 bits per heavy atom. The first-order valence-electron chi connectivity index (χ1n) is 6.54. The summed E-state index contributed by atoms with van der Waals surface area (Å²) in [5, 5.41) is 2.61. The predicted octanol–water partition coefficient (Wildman–Crippen LogP) is 4.69. The summed E-state index contributed by atoms with van der Waals surface area (Å²) in [5.74, 6) is 0.280. The van der Waals surface area contributed by atoms with Crippen molar-refractivity contribution in [3.05, 3.63) is 77.9 Å². The van der Waals surface area contributed by atoms with Crippen molar-refractivity contribution in [1.29, 1.82) is 0 Å². The molecule has 0 saturated heterocycles. The highest BCUT2D eigenvalue weighted by molar-refractivity contribution is 5.93. The predicted molar refractivity (Wildman–Crippen MR) is 80.4 cm³/mol. The van der Waals surface area contributed by atoms with Gasteiger partial charge in [0.25, 0.3) is 0 Å². The molecule has 1 heterocycles. The van der Waals surface area contributed by atoms with Crippen LogP contribution < -0.4 is 0 Å². The lowest BCUT2D eigenvalue weighted by molar-refractivity contribution is 1.16. The Hall–Kier alpha value is -2.41. The van der Waals surface area contributed by atoms with Crippen molar-refractivity contribution in [2.75, 3.05) is 0 Å². The van der Waals surface area contributed by atoms with Gasteiger partial charge in [0, 0.05) is 12.1 Å². The van der Waals surface area contributed by atoms with E-state index in [4.69, 9.17) is 0 Å². The quantitative estimate of drug-likeness (QED) is 0.588. The number of benzene rings is 3. The summed E-state index contributed by atoms with van der Waals surface area (Å²) in [7, 11) is 0. The summed E-state index contributed by atoms with van der Waals surface area (Å²) >= 11 is 0. The third-order valence-electron chi connectivity index (χ3n) is 3.79. The second-order valence-electron chi connectivity index (χ2n) is 4.88. The number of aliphatic imine (C=N–C) groups is 1. The van der Waals surface area contributed by atoms with Gasteiger partial charge in [-0.05, 0) is 28.0 Å². The average molecular weight is 243 g/mol. The van der Waals surface area contributed by atoms with Crippen LogP contribution in [-0.4, -0.2) is 6.21 Å². The summed E-state index contributed by atoms with van der Waals surface area (Å²) in [6.45, 7) is 0. The van der Waals surface area contributed by atoms with Gasteiger partial charge in [-0.15, -0.1) is 0 Å². The van der Waals surface area contributed by atoms with Gasteiger partial charge < -0.3 is 0 Å². The van der Waals surface area contributed by atoms with Crippen LogP contribution in [0.3, 0.4) is 0 Å². The van der Waals surface area contributed by atoms with Crippen molar-refractivity contribution in [3.8, 4) is 0 Å². The molecule has 1 nitrogen and oxygen atoms in total. The zero-order valence-corrected chi connectivity index (χ0v) is 10.5. The van der Waals surface area contributed by atoms with Gasteiger partial charge in [0.1, 0.15) is 0 Å². The number of hydrogen-bond acceptors (Lipinski definition) is 1. The maximum absolute atomic E-state index is 4.54. The molecule has 1 atom stereocenters. The van der Waals surface area contributed by atoms with Gasteiger partial charge in [-0.2, -0.15) is 0 Å². The van der Waals surface area contributed by atoms with Crippen LogP contribution in [-0.2, 0) is 0 Å². The summed E-state index contributed by atoms with van der Waals surface area (Å²) in [4.78, 5) is 4.54. The summed E-state index contributed by atoms with van der Waals surface area (Å²) in [5.41, 5.74) is 3.74. The minimum atomic E-state index is 0.280. The molecule has 0 spiro atoms. The van der Waals surface area contributed by atoms with Crippen LogP contribution in [0, 0.1) is 0 Å². The molecule has 0 N–H and O–H groups in total. The molecule has 0 aromatic heterocycles. The van der Waals surface area contributed by atoms with E-state index in [9.17, 15) is 0 Å². The second kappa shape index (κ2) is 4.06. The van der Waals surface area contributed by atoms with Crippen molar-refractivity contribution < 1.29 is 0 Å². The van der Waals surface area contributed by atoms with E-state index in [1.165, 1.54) is 21.9 Å². The number of fused-ring (bicyclic) bond motifs is 2. The molecular weight excluding hydrogens is 230 g/mol. The summed E-state index contributed by atoms with van der Waals surface area (Å²) in [6.07, 6.45) is 2.06. The smallest absolute Gasteiger partial charge is 0.0668 e. The molecular formula is C18H13N. The van der Waals surface area contributed by atoms with Crippen LogP contribution in [0.2, 0.25) is 0 Å². The van der Waals surface area contributed by atoms with E-state index in [1.54, 1.807) is 0 Å². The SMILES string of the molecule is C1=Nc2ccccc2C1c1cccc2ccccc12. The Balaban J connectivity index is 1.96. The zero-order valence-electron chi connectivity index (χ0n) is 10.5. The highest BCUT2D eigenvalue weighted by Crippen LogP contribution is 2.38. The average Bonchev–Trinajstić information content (AvgIpc) is 2.90. The Morgan fingerprint density at radius 3 is 2.42 bits per heavy atom. The van der Waals surface area contributed by atoms with Crippen LogP contribution >= 0.6 is 0 Å². The molecule has 1 aliphatic rings. The molecule has 19 heavy (non-hydrogen) atoms. The van der Waals surface area contributed by atoms with Crippen molar-refractivity contribution in [2.24, 2.45) is 4.99 Å². The first-order chi connectivity index (χ1) is 9.43. The summed E-state index contributed by atoms with van der Waals surface area (Å²) in [6, 6.07) is 23.4. The van der Waals surface area contributed by atoms with Crippen LogP contribution in [0.15, 0.2) is 71.7 Å². The molecule has 3 aromatic rings. The fraction of sp³-hybridized carbons (Fsp3) is 0.0556. The molecule has 1 aliphatic heterocycles. The maximum Gasteiger partial charge on any atom is 0.0668 e. The van der Waals surface area contributed by atoms with Crippen molar-refractivity contribution in [1.82, 2.24) is 0 Å². The van der Waals surface area contributed by atoms with E-state index < -0.39 is 0 Å². The third kappa shape index (κ3) is 1.59. The van der Waals surface area contributed by atoms with E-state index in [1.807, 2.05) is 6.07 Å². The number of hydrogen-bond donors (Lipinski definition) is 0. The Bertz CT molecular complexity index is 781. The minimum absolute atomic E-state index is 0.280. The van der Waals surface area contributed by atoms with Crippen molar-refractivity contribution in [2.45, 2.75) is 5.92 Å². The standard InChI is InChI=1S/C18H13N/c1-2-8-14-13(6-1)7-5-10-15(14)17-12-19-18-11-4-3-9-16(17)18/h1-12,17H. The Morgan fingerprint density at radius 2 is 1.42 bits per heavy atom. The van der Waals surface area contributed by atoms with Gasteiger partial charge in [-0.25, -0.2) is 0 Å². The van der Waals surface area contributed by atoms with Gasteiger partial charge in [-0.3, -0.25) is 4.99 Å². The van der Waals surface area contributed by atoms with E-state index >= 15 is 0 Å². The number of rotatable bonds is 1. The normalized spacial score (nSPS) is 16.7. The summed E-state index contributed by atoms with van der Waals surface area (Å²) < 4.78 is 0. The van der Waals surface area contributed by atoms with E-state index in [2.05, 4.69) is 71.9 Å². The molecule has 0 radical (unpaired) electrons. The highest BCUT2D eigenvalue weighted by Gasteiger charge is 2.21. The number of nitrogens with zero attached hydrogens (tertiary/aromatic N) is 1. The van der Waals surface area contributed by atoms with Gasteiger partial charge in [-0.1, -0.05) is 60.7 Å². The van der Waals surface area contributed by atoms with E-state index in [-0.39, 0.29) is 5.92 Å². The lowest BCUT2D eigenvalue weighted by atomic mass is 9.89. The molecule has 1 unspecified atom stereocenters. The van der Waals surface area contributed by atoms with Crippen LogP contribution in [0.25, 0.3) is 10.8 Å². The molecule has 3 aromatic carbocycles. The zero-order chi connectivity index (χ0) is 12.7. The number of para-hydroxylation sites is 1. The van der Waals surface area contributed by atoms with Gasteiger partial charge >= 0.3 is 0 Å². The first kappa shape index (κ1) is 10.5. The lowest BCUT2D eigenvalue weighted by Crippen LogP contribution is -1.99. The van der Waals surface area contributed by atoms with E-state index in [0.717, 1.165) is 5.69 Å². The molecule has 1 heteroatoms. The Labute approximate surface area is 112 Å². The highest BCUT2D eigenvalue weighted by atomic mass is 14.8. The topological polar surface area (TPSA) is 12.4 Å². The maximum atomic E-state index is 4.54. The van der Waals surface area contributed by atoms with Crippen LogP contribution in [0.5, 0.6) is 0 Å². The van der Waals surface area contributed by atoms with Gasteiger partial charge in [0.15, 0.2) is 0 Å². The molecule has 0 saturated carbocycles. The van der Waals surface area contributed by atoms with Crippen molar-refractivity contribution >= 4 is 22.7 Å². The largest absolute Gasteiger partial charge is 0.260 e. The minimum Gasteiger partial charge on any atom is -0.260 e. The lowest BCUT2D eigenvalue weighted by Gasteiger charge is -2.12. The molecule has 90 valence electrons. The monoisotopic (exact) mass is 243 g/mol. The van der Waals surface area contributed by atoms with Crippen molar-refractivity contribution in [3.63, 3.8) is 0 Å². The van der Waals surface area contributed by atoms with E-state index in [0.29, 0.717) is 0 Å². The second-order valence-corrected chi connectivity index (χ2v) is 4.88. The Kier molecular flexibility index (Phi) is 2.25. The molecule has 0 aliphatic carbocycles. The molecule has 0 fully saturated rings. The van der Waals surface area contributed by atoms with Gasteiger partial charge in [0.05, 0.1) is 5.69 Å². The fourth-order valence-electron chi connectivity index (χ4n) is 2.87.